The van der Waals surface area contributed by atoms with Crippen molar-refractivity contribution in [3.05, 3.63) is 0 Å². The molecule has 0 radical (unpaired) electrons. The largest absolute Gasteiger partial charge is 0.393 e. The van der Waals surface area contributed by atoms with Gasteiger partial charge in [0.25, 0.3) is 0 Å². The van der Waals surface area contributed by atoms with E-state index in [1.165, 1.54) is 195 Å². The summed E-state index contributed by atoms with van der Waals surface area (Å²) in [6, 6.07) is 8.66. The molecule has 3 unspecified atom stereocenters. The summed E-state index contributed by atoms with van der Waals surface area (Å²) >= 11 is 0. The Morgan fingerprint density at radius 1 is 0.324 bits per heavy atom. The number of carbonyl (C=O) groups is 2. The molecule has 14 heterocycles. The highest BCUT2D eigenvalue weighted by Gasteiger charge is 2.31. The average molecular weight is 2020 g/mol. The second kappa shape index (κ2) is 84.7. The molecule has 14 fully saturated rings. The van der Waals surface area contributed by atoms with E-state index < -0.39 is 0 Å². The van der Waals surface area contributed by atoms with Crippen molar-refractivity contribution in [2.75, 3.05) is 309 Å². The monoisotopic (exact) mass is 2020 g/mol. The number of aliphatic hydroxyl groups excluding tert-OH is 2. The Bertz CT molecular complexity index is 2680. The van der Waals surface area contributed by atoms with Gasteiger partial charge in [-0.05, 0) is 347 Å². The van der Waals surface area contributed by atoms with Crippen molar-refractivity contribution in [2.45, 2.75) is 421 Å². The number of piperidine rings is 2. The molecule has 142 heavy (non-hydrogen) atoms. The molecule has 1 amide bonds. The number of piperazine rings is 4. The highest BCUT2D eigenvalue weighted by atomic mass is 16.5. The number of rotatable bonds is 24. The van der Waals surface area contributed by atoms with Gasteiger partial charge in [-0.1, -0.05) is 48.0 Å². The van der Waals surface area contributed by atoms with Crippen molar-refractivity contribution in [3.8, 4) is 0 Å². The number of ether oxygens (including phenoxy) is 5. The van der Waals surface area contributed by atoms with Gasteiger partial charge in [0.15, 0.2) is 0 Å². The lowest BCUT2D eigenvalue weighted by Gasteiger charge is -2.36. The molecule has 14 aliphatic rings. The molecule has 0 aliphatic carbocycles. The lowest BCUT2D eigenvalue weighted by Crippen LogP contribution is -2.50. The number of likely N-dealkylation sites (N-methyl/N-ethyl adjacent to an activating group) is 2. The minimum atomic E-state index is -0.0626. The number of hydrogen-bond acceptors (Lipinski definition) is 26. The first-order valence-corrected chi connectivity index (χ1v) is 58.9. The molecule has 0 spiro atoms. The van der Waals surface area contributed by atoms with E-state index in [4.69, 9.17) is 28.8 Å². The number of amides is 1. The standard InChI is InChI=1S/C10H21NO.C9H18N2O.C9H20N2.C9H17NO.C9H19NO.C9H19N.C8H18N2.C8H17NO2.C8H17NO.C8H17N.C7H16N2.2C7H15NO.C7H15N/c1-10(2)4-3-5-11-6-8-12-9-7-11;1-8(2)10-4-6-11(7-5-10)9(3)12;1-4-10-5-7-11(8-6-10)9(2)3;1-7(2)10-6-4-5-9(10)8(3)11;1-9(2)3-4-10-5-7-11-8-6-10;1-4-9-6-5-7-10(9)8(2)3;1-8(2)10-6-4-9(3)5-7-10;1-8(2)11-7-9-3-5-10-6-4-9;1-7(2)9-5-3-8(10)4-6-9;1-8(2)9-6-4-3-5-7-9;1-7(2)9-5-3-8-4-6-9;1-7(2)8-3-5-9-6-4-8;1-6(2)8-4-3-7(9)5-8;1-7(2)8-5-3-4-6-8/h10H,3-9H2,1-2H3;8H,4-7H2,1-3H3;9H,4-8H2,1-3H3;7,9H,4-6H2,1-3H3;9H,3-8H2,1-2H3;8-9H,4-7H2,1-3H3;8H,4-7H2,1-3H3;8H,3-7H2,1-2H3;7-8,10H,3-6H2,1-2H3;8H,3-7H2,1-2H3;7-8H,3-6H2,1-2H3;7H,3-6H2,1-2H3;6-7,9H,3-5H2,1-2H3;7H,3-6H2,1-2H3. The number of hydrogen-bond donors (Lipinski definition) is 3. The van der Waals surface area contributed by atoms with Gasteiger partial charge in [-0.15, -0.1) is 0 Å². The van der Waals surface area contributed by atoms with E-state index in [0.29, 0.717) is 42.1 Å². The number of likely N-dealkylation sites (tertiary alicyclic amines) is 6. The lowest BCUT2D eigenvalue weighted by molar-refractivity contribution is -0.130. The predicted molar refractivity (Wildman–Crippen MR) is 607 cm³/mol. The van der Waals surface area contributed by atoms with Crippen LogP contribution >= 0.6 is 0 Å². The summed E-state index contributed by atoms with van der Waals surface area (Å²) in [6.45, 7) is 121. The molecule has 0 saturated carbocycles. The average Bonchev–Trinajstić information content (AvgIpc) is 1.67. The maximum atomic E-state index is 11.1. The summed E-state index contributed by atoms with van der Waals surface area (Å²) in [5, 5.41) is 21.6. The molecule has 3 atom stereocenters. The lowest BCUT2D eigenvalue weighted by atomic mass is 10.1. The Kier molecular flexibility index (Phi) is 82.4. The van der Waals surface area contributed by atoms with Crippen molar-refractivity contribution >= 4 is 11.7 Å². The van der Waals surface area contributed by atoms with Crippen LogP contribution in [0.3, 0.4) is 0 Å². The van der Waals surface area contributed by atoms with Crippen molar-refractivity contribution in [2.24, 2.45) is 11.8 Å². The molecule has 0 aromatic carbocycles. The Morgan fingerprint density at radius 2 is 0.669 bits per heavy atom. The number of β-amino-alcohol motifs (C(OH)–C–C–N with tert-alkyl or cyclic N) is 1. The molecular formula is C115H244N18O9. The van der Waals surface area contributed by atoms with Gasteiger partial charge in [-0.2, -0.15) is 0 Å². The first kappa shape index (κ1) is 138. The third-order valence-corrected chi connectivity index (χ3v) is 30.3. The number of carbonyl (C=O) groups excluding carboxylic acids is 2. The summed E-state index contributed by atoms with van der Waals surface area (Å²) < 4.78 is 26.4. The van der Waals surface area contributed by atoms with Crippen LogP contribution in [0.25, 0.3) is 0 Å². The Hall–Kier alpha value is -1.82. The van der Waals surface area contributed by atoms with Crippen LogP contribution in [0.1, 0.15) is 324 Å². The zero-order valence-corrected chi connectivity index (χ0v) is 100. The van der Waals surface area contributed by atoms with E-state index in [1.54, 1.807) is 13.8 Å². The van der Waals surface area contributed by atoms with Gasteiger partial charge in [-0.3, -0.25) is 63.5 Å². The van der Waals surface area contributed by atoms with Crippen LogP contribution in [-0.4, -0.2) is 511 Å². The summed E-state index contributed by atoms with van der Waals surface area (Å²) in [5.74, 6) is 2.22. The van der Waals surface area contributed by atoms with E-state index in [0.717, 1.165) is 264 Å². The summed E-state index contributed by atoms with van der Waals surface area (Å²) in [6.07, 6.45) is 20.7. The van der Waals surface area contributed by atoms with Crippen molar-refractivity contribution in [3.63, 3.8) is 0 Å². The number of ketones is 1. The van der Waals surface area contributed by atoms with Crippen molar-refractivity contribution in [1.29, 1.82) is 0 Å². The number of aliphatic hydroxyl groups is 2. The third kappa shape index (κ3) is 69.0. The molecule has 848 valence electrons. The van der Waals surface area contributed by atoms with Gasteiger partial charge in [0, 0.05) is 263 Å². The quantitative estimate of drug-likeness (QED) is 0.0827. The van der Waals surface area contributed by atoms with Crippen molar-refractivity contribution < 1.29 is 43.5 Å². The normalized spacial score (nSPS) is 23.4. The molecule has 0 bridgehead atoms. The molecule has 3 N–H and O–H groups in total. The molecular weight excluding hydrogens is 1780 g/mol. The number of nitrogens with one attached hydrogen (secondary N) is 1. The smallest absolute Gasteiger partial charge is 0.219 e. The van der Waals surface area contributed by atoms with Crippen molar-refractivity contribution in [1.82, 2.24) is 88.6 Å². The minimum absolute atomic E-state index is 0.0324. The summed E-state index contributed by atoms with van der Waals surface area (Å²) in [5.41, 5.74) is 0. The SMILES string of the molecule is CC(=O)C1CCCN1C(C)C.CC(=O)N1CCN(C(C)C)CC1.CC(C)CCCN1CCOCC1.CC(C)CCN1CCOCC1.CC(C)N1CCC(O)C1.CC(C)N1CCC(O)CC1.CC(C)N1CCCC1.CC(C)N1CCCCC1.CC(C)N1CCN(C)CC1.CC(C)N1CCNCC1.CC(C)N1CCOCC1.CC(C)OCN1CCOCC1.CCC1CCCN1C(C)C.CCN1CCN(C(C)C)CC1. The van der Waals surface area contributed by atoms with Crippen LogP contribution < -0.4 is 5.32 Å². The first-order valence-electron chi connectivity index (χ1n) is 58.9. The van der Waals surface area contributed by atoms with E-state index in [2.05, 4.69) is 298 Å². The van der Waals surface area contributed by atoms with Gasteiger partial charge < -0.3 is 68.6 Å². The maximum absolute atomic E-state index is 11.1. The highest BCUT2D eigenvalue weighted by molar-refractivity contribution is 5.81. The highest BCUT2D eigenvalue weighted by Crippen LogP contribution is 2.24. The Morgan fingerprint density at radius 3 is 1.00 bits per heavy atom. The first-order chi connectivity index (χ1) is 67.4. The van der Waals surface area contributed by atoms with E-state index in [1.807, 2.05) is 4.90 Å². The molecule has 27 heteroatoms. The second-order valence-corrected chi connectivity index (χ2v) is 46.5. The van der Waals surface area contributed by atoms with Crippen LogP contribution in [0.4, 0.5) is 0 Å². The predicted octanol–water partition coefficient (Wildman–Crippen LogP) is 15.5. The zero-order chi connectivity index (χ0) is 106. The van der Waals surface area contributed by atoms with E-state index >= 15 is 0 Å². The molecule has 0 aromatic rings. The van der Waals surface area contributed by atoms with E-state index in [-0.39, 0.29) is 24.2 Å². The van der Waals surface area contributed by atoms with E-state index in [9.17, 15) is 14.7 Å². The van der Waals surface area contributed by atoms with Gasteiger partial charge in [0.1, 0.15) is 5.78 Å². The van der Waals surface area contributed by atoms with Gasteiger partial charge >= 0.3 is 0 Å². The van der Waals surface area contributed by atoms with Crippen LogP contribution in [0.15, 0.2) is 0 Å². The molecule has 14 rings (SSSR count). The minimum Gasteiger partial charge on any atom is -0.393 e. The Balaban J connectivity index is 0.000000765. The topological polar surface area (TPSA) is 188 Å². The van der Waals surface area contributed by atoms with Crippen LogP contribution in [-0.2, 0) is 33.3 Å². The Labute approximate surface area is 880 Å². The molecule has 27 nitrogen and oxygen atoms in total. The van der Waals surface area contributed by atoms with Crippen LogP contribution in [0.5, 0.6) is 0 Å². The summed E-state index contributed by atoms with van der Waals surface area (Å²) in [7, 11) is 2.19. The van der Waals surface area contributed by atoms with Crippen LogP contribution in [0, 0.1) is 11.8 Å². The number of morpholine rings is 4. The number of Topliss-reactive ketones (excluding diaryl/α,β-unsaturated/α-hetero) is 1. The van der Waals surface area contributed by atoms with Gasteiger partial charge in [-0.25, -0.2) is 0 Å². The third-order valence-electron chi connectivity index (χ3n) is 30.3. The second-order valence-electron chi connectivity index (χ2n) is 46.5. The molecule has 14 aliphatic heterocycles. The zero-order valence-electron chi connectivity index (χ0n) is 100. The fourth-order valence-electron chi connectivity index (χ4n) is 19.7. The summed E-state index contributed by atoms with van der Waals surface area (Å²) in [4.78, 5) is 63.3. The fraction of sp³-hybridized carbons (Fsp3) is 0.983. The fourth-order valence-corrected chi connectivity index (χ4v) is 19.7. The van der Waals surface area contributed by atoms with Gasteiger partial charge in [0.05, 0.1) is 83.9 Å². The molecule has 14 saturated heterocycles. The van der Waals surface area contributed by atoms with Crippen LogP contribution in [0.2, 0.25) is 0 Å². The molecule has 0 aromatic heterocycles. The van der Waals surface area contributed by atoms with Gasteiger partial charge in [0.2, 0.25) is 5.91 Å². The number of nitrogens with zero attached hydrogens (tertiary/aromatic N) is 17. The maximum Gasteiger partial charge on any atom is 0.219 e.